The van der Waals surface area contributed by atoms with Crippen LogP contribution in [0.2, 0.25) is 0 Å². The lowest BCUT2D eigenvalue weighted by Gasteiger charge is -2.24. The number of fused-ring (bicyclic) bond motifs is 3. The van der Waals surface area contributed by atoms with Crippen LogP contribution in [0.1, 0.15) is 12.0 Å². The molecule has 9 heteroatoms. The van der Waals surface area contributed by atoms with E-state index >= 15 is 0 Å². The monoisotopic (exact) mass is 334 g/mol. The molecule has 23 heavy (non-hydrogen) atoms. The minimum Gasteiger partial charge on any atom is -0.481 e. The molecule has 0 spiro atoms. The number of aromatic nitrogens is 1. The number of benzene rings is 1. The molecule has 0 aliphatic carbocycles. The SMILES string of the molecule is FC(F)(F)CC1C=Nc2ccc3nccc(C(F)(F)F)c3c2O1. The summed E-state index contributed by atoms with van der Waals surface area (Å²) in [5.74, 6) is -0.334. The molecule has 2 aromatic rings. The Morgan fingerprint density at radius 3 is 2.43 bits per heavy atom. The fourth-order valence-electron chi connectivity index (χ4n) is 2.33. The highest BCUT2D eigenvalue weighted by Gasteiger charge is 2.37. The van der Waals surface area contributed by atoms with Gasteiger partial charge in [0.1, 0.15) is 11.8 Å². The molecular formula is C14H8F6N2O. The van der Waals surface area contributed by atoms with Gasteiger partial charge in [0.05, 0.1) is 22.9 Å². The van der Waals surface area contributed by atoms with Crippen LogP contribution in [-0.4, -0.2) is 23.5 Å². The third-order valence-electron chi connectivity index (χ3n) is 3.23. The largest absolute Gasteiger partial charge is 0.481 e. The Morgan fingerprint density at radius 1 is 1.04 bits per heavy atom. The second-order valence-corrected chi connectivity index (χ2v) is 4.92. The third-order valence-corrected chi connectivity index (χ3v) is 3.23. The van der Waals surface area contributed by atoms with Crippen LogP contribution in [0.25, 0.3) is 10.9 Å². The van der Waals surface area contributed by atoms with Crippen LogP contribution in [0, 0.1) is 0 Å². The first kappa shape index (κ1) is 15.6. The zero-order valence-electron chi connectivity index (χ0n) is 11.2. The van der Waals surface area contributed by atoms with Crippen LogP contribution in [0.3, 0.4) is 0 Å². The van der Waals surface area contributed by atoms with Crippen LogP contribution < -0.4 is 4.74 Å². The lowest BCUT2D eigenvalue weighted by Crippen LogP contribution is -2.28. The topological polar surface area (TPSA) is 34.5 Å². The fraction of sp³-hybridized carbons (Fsp3) is 0.286. The predicted molar refractivity (Wildman–Crippen MR) is 70.0 cm³/mol. The van der Waals surface area contributed by atoms with E-state index in [9.17, 15) is 26.3 Å². The molecule has 3 rings (SSSR count). The number of pyridine rings is 1. The van der Waals surface area contributed by atoms with Crippen LogP contribution in [-0.2, 0) is 6.18 Å². The number of hydrogen-bond acceptors (Lipinski definition) is 3. The van der Waals surface area contributed by atoms with Crippen molar-refractivity contribution < 1.29 is 31.1 Å². The Kier molecular flexibility index (Phi) is 3.46. The van der Waals surface area contributed by atoms with E-state index in [0.717, 1.165) is 18.5 Å². The lowest BCUT2D eigenvalue weighted by atomic mass is 10.1. The van der Waals surface area contributed by atoms with E-state index in [-0.39, 0.29) is 22.3 Å². The quantitative estimate of drug-likeness (QED) is 0.710. The maximum absolute atomic E-state index is 13.2. The van der Waals surface area contributed by atoms with Gasteiger partial charge in [-0.25, -0.2) is 0 Å². The zero-order chi connectivity index (χ0) is 16.8. The number of rotatable bonds is 1. The molecule has 122 valence electrons. The minimum atomic E-state index is -4.69. The molecule has 0 N–H and O–H groups in total. The van der Waals surface area contributed by atoms with E-state index in [1.54, 1.807) is 0 Å². The first-order valence-corrected chi connectivity index (χ1v) is 6.42. The van der Waals surface area contributed by atoms with Crippen molar-refractivity contribution in [2.45, 2.75) is 24.9 Å². The van der Waals surface area contributed by atoms with Crippen LogP contribution in [0.4, 0.5) is 32.0 Å². The third kappa shape index (κ3) is 3.08. The molecule has 0 radical (unpaired) electrons. The van der Waals surface area contributed by atoms with Crippen LogP contribution >= 0.6 is 0 Å². The molecule has 2 heterocycles. The van der Waals surface area contributed by atoms with Crippen molar-refractivity contribution in [3.05, 3.63) is 30.0 Å². The molecule has 3 nitrogen and oxygen atoms in total. The molecule has 1 aromatic heterocycles. The molecule has 1 unspecified atom stereocenters. The number of ether oxygens (including phenoxy) is 1. The van der Waals surface area contributed by atoms with Crippen molar-refractivity contribution in [1.29, 1.82) is 0 Å². The van der Waals surface area contributed by atoms with Gasteiger partial charge in [0.2, 0.25) is 0 Å². The summed E-state index contributed by atoms with van der Waals surface area (Å²) in [5, 5.41) is -0.387. The highest BCUT2D eigenvalue weighted by atomic mass is 19.4. The van der Waals surface area contributed by atoms with Crippen molar-refractivity contribution in [2.75, 3.05) is 0 Å². The number of alkyl halides is 6. The van der Waals surface area contributed by atoms with Gasteiger partial charge in [-0.1, -0.05) is 0 Å². The Labute approximate surface area is 125 Å². The molecule has 1 aliphatic heterocycles. The van der Waals surface area contributed by atoms with Gasteiger partial charge in [0.15, 0.2) is 5.75 Å². The molecule has 0 amide bonds. The van der Waals surface area contributed by atoms with Gasteiger partial charge >= 0.3 is 12.4 Å². The van der Waals surface area contributed by atoms with Gasteiger partial charge in [-0.05, 0) is 18.2 Å². The van der Waals surface area contributed by atoms with E-state index in [1.807, 2.05) is 0 Å². The average molecular weight is 334 g/mol. The summed E-state index contributed by atoms with van der Waals surface area (Å²) in [6, 6.07) is 3.42. The molecule has 1 aliphatic rings. The first-order valence-electron chi connectivity index (χ1n) is 6.42. The van der Waals surface area contributed by atoms with Gasteiger partial charge in [0, 0.05) is 12.4 Å². The van der Waals surface area contributed by atoms with E-state index in [2.05, 4.69) is 9.98 Å². The number of nitrogens with zero attached hydrogens (tertiary/aromatic N) is 2. The van der Waals surface area contributed by atoms with E-state index in [0.29, 0.717) is 0 Å². The van der Waals surface area contributed by atoms with Crippen molar-refractivity contribution in [1.82, 2.24) is 4.98 Å². The number of hydrogen-bond donors (Lipinski definition) is 0. The summed E-state index contributed by atoms with van der Waals surface area (Å²) in [6.07, 6.45) is -10.1. The summed E-state index contributed by atoms with van der Waals surface area (Å²) in [7, 11) is 0. The molecule has 0 saturated heterocycles. The van der Waals surface area contributed by atoms with Crippen molar-refractivity contribution >= 4 is 22.8 Å². The Balaban J connectivity index is 2.15. The second kappa shape index (κ2) is 5.10. The maximum atomic E-state index is 13.2. The van der Waals surface area contributed by atoms with Crippen molar-refractivity contribution in [3.8, 4) is 5.75 Å². The number of halogens is 6. The smallest absolute Gasteiger partial charge is 0.417 e. The van der Waals surface area contributed by atoms with Crippen LogP contribution in [0.5, 0.6) is 5.75 Å². The normalized spacial score (nSPS) is 17.9. The van der Waals surface area contributed by atoms with Gasteiger partial charge in [-0.3, -0.25) is 9.98 Å². The van der Waals surface area contributed by atoms with E-state index in [4.69, 9.17) is 4.74 Å². The zero-order valence-corrected chi connectivity index (χ0v) is 11.2. The van der Waals surface area contributed by atoms with Crippen LogP contribution in [0.15, 0.2) is 29.4 Å². The lowest BCUT2D eigenvalue weighted by molar-refractivity contribution is -0.144. The molecule has 0 bridgehead atoms. The van der Waals surface area contributed by atoms with E-state index < -0.39 is 30.4 Å². The summed E-state index contributed by atoms with van der Waals surface area (Å²) in [4.78, 5) is 7.60. The predicted octanol–water partition coefficient (Wildman–Crippen LogP) is 4.67. The van der Waals surface area contributed by atoms with E-state index in [1.165, 1.54) is 12.1 Å². The average Bonchev–Trinajstić information content (AvgIpc) is 2.43. The first-order chi connectivity index (χ1) is 10.6. The van der Waals surface area contributed by atoms with Gasteiger partial charge in [0.25, 0.3) is 0 Å². The molecule has 1 aromatic carbocycles. The Bertz CT molecular complexity index is 781. The summed E-state index contributed by atoms with van der Waals surface area (Å²) >= 11 is 0. The summed E-state index contributed by atoms with van der Waals surface area (Å²) in [6.45, 7) is 0. The molecule has 0 saturated carbocycles. The van der Waals surface area contributed by atoms with Gasteiger partial charge in [-0.2, -0.15) is 26.3 Å². The second-order valence-electron chi connectivity index (χ2n) is 4.92. The minimum absolute atomic E-state index is 0.0265. The highest BCUT2D eigenvalue weighted by molar-refractivity contribution is 5.95. The summed E-state index contributed by atoms with van der Waals surface area (Å²) < 4.78 is 82.0. The van der Waals surface area contributed by atoms with Gasteiger partial charge in [-0.15, -0.1) is 0 Å². The Morgan fingerprint density at radius 2 is 1.78 bits per heavy atom. The van der Waals surface area contributed by atoms with Gasteiger partial charge < -0.3 is 4.74 Å². The maximum Gasteiger partial charge on any atom is 0.417 e. The molecule has 0 fully saturated rings. The summed E-state index contributed by atoms with van der Waals surface area (Å²) in [5.41, 5.74) is -1.02. The van der Waals surface area contributed by atoms with Crippen molar-refractivity contribution in [3.63, 3.8) is 0 Å². The molecular weight excluding hydrogens is 326 g/mol. The highest BCUT2D eigenvalue weighted by Crippen LogP contribution is 2.44. The fourth-order valence-corrected chi connectivity index (χ4v) is 2.33. The van der Waals surface area contributed by atoms with Crippen molar-refractivity contribution in [2.24, 2.45) is 4.99 Å². The molecule has 1 atom stereocenters. The number of aliphatic imine (C=N–C) groups is 1. The standard InChI is InChI=1S/C14H8F6N2O/c15-13(16,17)5-7-6-22-10-2-1-9-11(12(10)23-7)8(3-4-21-9)14(18,19)20/h1-4,6-7H,5H2. The Hall–Kier alpha value is -2.32.